The van der Waals surface area contributed by atoms with Gasteiger partial charge in [0.2, 0.25) is 0 Å². The minimum absolute atomic E-state index is 0.112. The van der Waals surface area contributed by atoms with E-state index in [1.165, 1.54) is 0 Å². The van der Waals surface area contributed by atoms with E-state index in [-0.39, 0.29) is 12.1 Å². The molecular weight excluding hydrogens is 228 g/mol. The van der Waals surface area contributed by atoms with Crippen molar-refractivity contribution in [2.75, 3.05) is 17.7 Å². The third-order valence-electron chi connectivity index (χ3n) is 2.79. The van der Waals surface area contributed by atoms with Crippen molar-refractivity contribution >= 4 is 22.7 Å². The minimum atomic E-state index is -0.278. The molecule has 0 spiro atoms. The van der Waals surface area contributed by atoms with Crippen molar-refractivity contribution in [3.63, 3.8) is 0 Å². The molecule has 0 aliphatic heterocycles. The lowest BCUT2D eigenvalue weighted by Crippen LogP contribution is -2.32. The Hall–Kier alpha value is -1.88. The fourth-order valence-corrected chi connectivity index (χ4v) is 1.77. The number of fused-ring (bicyclic) bond motifs is 1. The quantitative estimate of drug-likeness (QED) is 0.766. The van der Waals surface area contributed by atoms with Gasteiger partial charge in [-0.3, -0.25) is 0 Å². The molecule has 1 heterocycles. The second-order valence-electron chi connectivity index (χ2n) is 4.93. The zero-order valence-electron chi connectivity index (χ0n) is 10.6. The van der Waals surface area contributed by atoms with Gasteiger partial charge in [0.1, 0.15) is 0 Å². The van der Waals surface area contributed by atoms with E-state index < -0.39 is 0 Å². The van der Waals surface area contributed by atoms with Gasteiger partial charge in [0.05, 0.1) is 11.0 Å². The van der Waals surface area contributed by atoms with Crippen molar-refractivity contribution in [2.24, 2.45) is 0 Å². The summed E-state index contributed by atoms with van der Waals surface area (Å²) in [4.78, 5) is 8.77. The van der Waals surface area contributed by atoms with E-state index in [0.717, 1.165) is 11.0 Å². The molecule has 5 nitrogen and oxygen atoms in total. The third kappa shape index (κ3) is 2.68. The van der Waals surface area contributed by atoms with Crippen LogP contribution < -0.4 is 11.1 Å². The van der Waals surface area contributed by atoms with Crippen LogP contribution in [0.3, 0.4) is 0 Å². The number of para-hydroxylation sites is 2. The smallest absolute Gasteiger partial charge is 0.169 e. The van der Waals surface area contributed by atoms with Crippen molar-refractivity contribution in [2.45, 2.75) is 25.8 Å². The van der Waals surface area contributed by atoms with Gasteiger partial charge < -0.3 is 16.2 Å². The molecule has 4 N–H and O–H groups in total. The SMILES string of the molecule is CC(C)(CCO)Nc1nc2ccccc2nc1N. The summed E-state index contributed by atoms with van der Waals surface area (Å²) in [5.41, 5.74) is 7.19. The molecule has 18 heavy (non-hydrogen) atoms. The van der Waals surface area contributed by atoms with Crippen LogP contribution in [0.25, 0.3) is 11.0 Å². The summed E-state index contributed by atoms with van der Waals surface area (Å²) in [6.45, 7) is 4.08. The Balaban J connectivity index is 2.36. The zero-order chi connectivity index (χ0) is 13.2. The summed E-state index contributed by atoms with van der Waals surface area (Å²) in [7, 11) is 0. The number of hydrogen-bond acceptors (Lipinski definition) is 5. The molecule has 0 fully saturated rings. The Morgan fingerprint density at radius 1 is 1.22 bits per heavy atom. The minimum Gasteiger partial charge on any atom is -0.396 e. The molecular formula is C13H18N4O. The summed E-state index contributed by atoms with van der Waals surface area (Å²) in [6, 6.07) is 7.59. The molecule has 0 atom stereocenters. The maximum absolute atomic E-state index is 9.01. The van der Waals surface area contributed by atoms with Gasteiger partial charge in [0.25, 0.3) is 0 Å². The fraction of sp³-hybridized carbons (Fsp3) is 0.385. The Morgan fingerprint density at radius 2 is 1.83 bits per heavy atom. The molecule has 0 saturated heterocycles. The highest BCUT2D eigenvalue weighted by Gasteiger charge is 2.19. The average molecular weight is 246 g/mol. The molecule has 0 aliphatic carbocycles. The Bertz CT molecular complexity index is 554. The first-order valence-electron chi connectivity index (χ1n) is 5.93. The predicted octanol–water partition coefficient (Wildman–Crippen LogP) is 1.78. The van der Waals surface area contributed by atoms with Crippen LogP contribution in [-0.4, -0.2) is 27.2 Å². The molecule has 0 amide bonds. The van der Waals surface area contributed by atoms with Gasteiger partial charge in [-0.05, 0) is 32.4 Å². The van der Waals surface area contributed by atoms with E-state index in [1.807, 2.05) is 38.1 Å². The van der Waals surface area contributed by atoms with Gasteiger partial charge in [0.15, 0.2) is 11.6 Å². The van der Waals surface area contributed by atoms with Gasteiger partial charge in [0, 0.05) is 12.1 Å². The topological polar surface area (TPSA) is 84.1 Å². The number of aliphatic hydroxyl groups excluding tert-OH is 1. The number of nitrogens with two attached hydrogens (primary N) is 1. The second-order valence-corrected chi connectivity index (χ2v) is 4.93. The highest BCUT2D eigenvalue weighted by molar-refractivity contribution is 5.79. The summed E-state index contributed by atoms with van der Waals surface area (Å²) in [6.07, 6.45) is 0.612. The third-order valence-corrected chi connectivity index (χ3v) is 2.79. The lowest BCUT2D eigenvalue weighted by Gasteiger charge is -2.26. The number of anilines is 2. The van der Waals surface area contributed by atoms with Crippen molar-refractivity contribution in [3.8, 4) is 0 Å². The summed E-state index contributed by atoms with van der Waals surface area (Å²) >= 11 is 0. The van der Waals surface area contributed by atoms with Crippen LogP contribution in [0, 0.1) is 0 Å². The van der Waals surface area contributed by atoms with Gasteiger partial charge in [-0.2, -0.15) is 0 Å². The summed E-state index contributed by atoms with van der Waals surface area (Å²) in [5, 5.41) is 12.2. The molecule has 2 aromatic rings. The molecule has 0 unspecified atom stereocenters. The number of nitrogens with one attached hydrogen (secondary N) is 1. The lowest BCUT2D eigenvalue weighted by molar-refractivity contribution is 0.260. The standard InChI is InChI=1S/C13H18N4O/c1-13(2,7-8-18)17-12-11(14)15-9-5-3-4-6-10(9)16-12/h3-6,18H,7-8H2,1-2H3,(H2,14,15)(H,16,17). The number of nitrogens with zero attached hydrogens (tertiary/aromatic N) is 2. The van der Waals surface area contributed by atoms with Crippen LogP contribution in [0.2, 0.25) is 0 Å². The number of aliphatic hydroxyl groups is 1. The lowest BCUT2D eigenvalue weighted by atomic mass is 10.0. The molecule has 0 aliphatic rings. The molecule has 2 rings (SSSR count). The van der Waals surface area contributed by atoms with E-state index in [2.05, 4.69) is 15.3 Å². The Kier molecular flexibility index (Phi) is 3.34. The van der Waals surface area contributed by atoms with Crippen molar-refractivity contribution < 1.29 is 5.11 Å². The van der Waals surface area contributed by atoms with E-state index in [0.29, 0.717) is 18.1 Å². The average Bonchev–Trinajstić information content (AvgIpc) is 2.29. The number of benzene rings is 1. The fourth-order valence-electron chi connectivity index (χ4n) is 1.77. The van der Waals surface area contributed by atoms with Crippen molar-refractivity contribution in [1.29, 1.82) is 0 Å². The molecule has 5 heteroatoms. The maximum Gasteiger partial charge on any atom is 0.169 e. The van der Waals surface area contributed by atoms with Gasteiger partial charge in [-0.1, -0.05) is 12.1 Å². The maximum atomic E-state index is 9.01. The first-order chi connectivity index (χ1) is 8.52. The largest absolute Gasteiger partial charge is 0.396 e. The number of nitrogen functional groups attached to an aromatic ring is 1. The Labute approximate surface area is 106 Å². The predicted molar refractivity (Wildman–Crippen MR) is 73.4 cm³/mol. The normalized spacial score (nSPS) is 11.7. The molecule has 96 valence electrons. The van der Waals surface area contributed by atoms with Gasteiger partial charge in [-0.15, -0.1) is 0 Å². The summed E-state index contributed by atoms with van der Waals surface area (Å²) < 4.78 is 0. The number of rotatable bonds is 4. The molecule has 1 aromatic heterocycles. The van der Waals surface area contributed by atoms with Crippen LogP contribution in [0.1, 0.15) is 20.3 Å². The first kappa shape index (κ1) is 12.6. The van der Waals surface area contributed by atoms with E-state index >= 15 is 0 Å². The molecule has 0 saturated carbocycles. The Morgan fingerprint density at radius 3 is 2.44 bits per heavy atom. The molecule has 0 bridgehead atoms. The molecule has 0 radical (unpaired) electrons. The number of hydrogen-bond donors (Lipinski definition) is 3. The van der Waals surface area contributed by atoms with E-state index in [1.54, 1.807) is 0 Å². The first-order valence-corrected chi connectivity index (χ1v) is 5.93. The van der Waals surface area contributed by atoms with Crippen molar-refractivity contribution in [1.82, 2.24) is 9.97 Å². The van der Waals surface area contributed by atoms with Crippen LogP contribution in [-0.2, 0) is 0 Å². The highest BCUT2D eigenvalue weighted by Crippen LogP contribution is 2.23. The van der Waals surface area contributed by atoms with E-state index in [4.69, 9.17) is 10.8 Å². The van der Waals surface area contributed by atoms with Crippen molar-refractivity contribution in [3.05, 3.63) is 24.3 Å². The van der Waals surface area contributed by atoms with Crippen LogP contribution >= 0.6 is 0 Å². The molecule has 1 aromatic carbocycles. The second kappa shape index (κ2) is 4.78. The highest BCUT2D eigenvalue weighted by atomic mass is 16.3. The zero-order valence-corrected chi connectivity index (χ0v) is 10.6. The number of aromatic nitrogens is 2. The monoisotopic (exact) mass is 246 g/mol. The van der Waals surface area contributed by atoms with E-state index in [9.17, 15) is 0 Å². The van der Waals surface area contributed by atoms with Gasteiger partial charge >= 0.3 is 0 Å². The summed E-state index contributed by atoms with van der Waals surface area (Å²) in [5.74, 6) is 0.937. The van der Waals surface area contributed by atoms with Crippen LogP contribution in [0.15, 0.2) is 24.3 Å². The van der Waals surface area contributed by atoms with Gasteiger partial charge in [-0.25, -0.2) is 9.97 Å². The van der Waals surface area contributed by atoms with Crippen LogP contribution in [0.5, 0.6) is 0 Å². The van der Waals surface area contributed by atoms with Crippen LogP contribution in [0.4, 0.5) is 11.6 Å².